The molecular weight excluding hydrogens is 194 g/mol. The SMILES string of the molecule is COC(=O)[C@H](O)c1ccc(F)cc1F. The predicted octanol–water partition coefficient (Wildman–Crippen LogP) is 1.17. The van der Waals surface area contributed by atoms with Crippen molar-refractivity contribution in [3.8, 4) is 0 Å². The second-order valence-corrected chi connectivity index (χ2v) is 2.59. The van der Waals surface area contributed by atoms with Crippen molar-refractivity contribution in [2.24, 2.45) is 0 Å². The van der Waals surface area contributed by atoms with Gasteiger partial charge in [0.15, 0.2) is 6.10 Å². The number of hydrogen-bond acceptors (Lipinski definition) is 3. The van der Waals surface area contributed by atoms with Crippen LogP contribution in [0.2, 0.25) is 0 Å². The first-order valence-electron chi connectivity index (χ1n) is 3.77. The summed E-state index contributed by atoms with van der Waals surface area (Å²) in [4.78, 5) is 10.8. The lowest BCUT2D eigenvalue weighted by molar-refractivity contribution is -0.150. The minimum absolute atomic E-state index is 0.307. The van der Waals surface area contributed by atoms with Crippen LogP contribution in [0.15, 0.2) is 18.2 Å². The number of carbonyl (C=O) groups is 1. The standard InChI is InChI=1S/C9H8F2O3/c1-14-9(13)8(12)6-3-2-5(10)4-7(6)11/h2-4,8,12H,1H3/t8-/m1/s1. The van der Waals surface area contributed by atoms with Gasteiger partial charge in [0.05, 0.1) is 7.11 Å². The van der Waals surface area contributed by atoms with Gasteiger partial charge in [-0.05, 0) is 12.1 Å². The molecule has 1 aromatic carbocycles. The van der Waals surface area contributed by atoms with Crippen LogP contribution in [0.1, 0.15) is 11.7 Å². The maximum atomic E-state index is 13.0. The third kappa shape index (κ3) is 2.05. The highest BCUT2D eigenvalue weighted by Gasteiger charge is 2.21. The van der Waals surface area contributed by atoms with Gasteiger partial charge in [-0.1, -0.05) is 0 Å². The van der Waals surface area contributed by atoms with Crippen molar-refractivity contribution >= 4 is 5.97 Å². The van der Waals surface area contributed by atoms with E-state index >= 15 is 0 Å². The van der Waals surface area contributed by atoms with Gasteiger partial charge in [0.1, 0.15) is 11.6 Å². The highest BCUT2D eigenvalue weighted by Crippen LogP contribution is 2.18. The van der Waals surface area contributed by atoms with Gasteiger partial charge >= 0.3 is 5.97 Å². The van der Waals surface area contributed by atoms with Crippen molar-refractivity contribution in [1.82, 2.24) is 0 Å². The fourth-order valence-electron chi connectivity index (χ4n) is 0.962. The summed E-state index contributed by atoms with van der Waals surface area (Å²) in [6.07, 6.45) is -1.72. The zero-order valence-corrected chi connectivity index (χ0v) is 7.33. The van der Waals surface area contributed by atoms with Crippen LogP contribution < -0.4 is 0 Å². The number of rotatable bonds is 2. The van der Waals surface area contributed by atoms with Crippen molar-refractivity contribution in [2.75, 3.05) is 7.11 Å². The van der Waals surface area contributed by atoms with Crippen LogP contribution >= 0.6 is 0 Å². The number of hydrogen-bond donors (Lipinski definition) is 1. The first-order chi connectivity index (χ1) is 6.56. The molecule has 14 heavy (non-hydrogen) atoms. The zero-order chi connectivity index (χ0) is 10.7. The van der Waals surface area contributed by atoms with E-state index in [1.807, 2.05) is 0 Å². The van der Waals surface area contributed by atoms with E-state index in [1.54, 1.807) is 0 Å². The Kier molecular flexibility index (Phi) is 3.14. The van der Waals surface area contributed by atoms with Crippen LogP contribution in [0.25, 0.3) is 0 Å². The van der Waals surface area contributed by atoms with Crippen LogP contribution in [-0.4, -0.2) is 18.2 Å². The quantitative estimate of drug-likeness (QED) is 0.732. The van der Waals surface area contributed by atoms with Crippen LogP contribution in [-0.2, 0) is 9.53 Å². The predicted molar refractivity (Wildman–Crippen MR) is 43.3 cm³/mol. The molecule has 5 heteroatoms. The summed E-state index contributed by atoms with van der Waals surface area (Å²) in [5, 5.41) is 9.22. The van der Waals surface area contributed by atoms with Crippen molar-refractivity contribution in [3.05, 3.63) is 35.4 Å². The van der Waals surface area contributed by atoms with Gasteiger partial charge in [-0.2, -0.15) is 0 Å². The fourth-order valence-corrected chi connectivity index (χ4v) is 0.962. The van der Waals surface area contributed by atoms with Gasteiger partial charge in [0.2, 0.25) is 0 Å². The fraction of sp³-hybridized carbons (Fsp3) is 0.222. The highest BCUT2D eigenvalue weighted by molar-refractivity contribution is 5.76. The Morgan fingerprint density at radius 2 is 2.14 bits per heavy atom. The van der Waals surface area contributed by atoms with Gasteiger partial charge in [-0.3, -0.25) is 0 Å². The van der Waals surface area contributed by atoms with Crippen molar-refractivity contribution < 1.29 is 23.4 Å². The minimum Gasteiger partial charge on any atom is -0.467 e. The lowest BCUT2D eigenvalue weighted by atomic mass is 10.1. The summed E-state index contributed by atoms with van der Waals surface area (Å²) in [5.41, 5.74) is -0.307. The van der Waals surface area contributed by atoms with Crippen LogP contribution in [0.3, 0.4) is 0 Å². The molecule has 0 aliphatic heterocycles. The van der Waals surface area contributed by atoms with Gasteiger partial charge in [0.25, 0.3) is 0 Å². The lowest BCUT2D eigenvalue weighted by Gasteiger charge is -2.08. The summed E-state index contributed by atoms with van der Waals surface area (Å²) < 4.78 is 29.6. The summed E-state index contributed by atoms with van der Waals surface area (Å²) >= 11 is 0. The van der Waals surface area contributed by atoms with Crippen molar-refractivity contribution in [3.63, 3.8) is 0 Å². The number of aliphatic hydroxyl groups is 1. The van der Waals surface area contributed by atoms with E-state index in [0.29, 0.717) is 6.07 Å². The molecule has 1 N–H and O–H groups in total. The Balaban J connectivity index is 3.01. The van der Waals surface area contributed by atoms with Gasteiger partial charge in [0, 0.05) is 11.6 Å². The molecule has 0 fully saturated rings. The Hall–Kier alpha value is -1.49. The molecule has 1 aromatic rings. The van der Waals surface area contributed by atoms with E-state index in [0.717, 1.165) is 19.2 Å². The molecule has 0 amide bonds. The molecule has 0 heterocycles. The lowest BCUT2D eigenvalue weighted by Crippen LogP contribution is -2.14. The van der Waals surface area contributed by atoms with Crippen LogP contribution in [0, 0.1) is 11.6 Å². The van der Waals surface area contributed by atoms with Gasteiger partial charge < -0.3 is 9.84 Å². The molecule has 76 valence electrons. The Bertz CT molecular complexity index is 352. The van der Waals surface area contributed by atoms with E-state index in [1.165, 1.54) is 0 Å². The second-order valence-electron chi connectivity index (χ2n) is 2.59. The molecule has 0 aromatic heterocycles. The maximum Gasteiger partial charge on any atom is 0.339 e. The zero-order valence-electron chi connectivity index (χ0n) is 7.33. The number of carbonyl (C=O) groups excluding carboxylic acids is 1. The molecule has 0 spiro atoms. The third-order valence-corrected chi connectivity index (χ3v) is 1.68. The Labute approximate surface area is 78.9 Å². The molecule has 0 radical (unpaired) electrons. The molecule has 0 aliphatic carbocycles. The van der Waals surface area contributed by atoms with E-state index in [-0.39, 0.29) is 5.56 Å². The van der Waals surface area contributed by atoms with E-state index in [2.05, 4.69) is 4.74 Å². The average molecular weight is 202 g/mol. The average Bonchev–Trinajstić information content (AvgIpc) is 2.15. The normalized spacial score (nSPS) is 12.3. The van der Waals surface area contributed by atoms with Crippen molar-refractivity contribution in [1.29, 1.82) is 0 Å². The molecule has 0 unspecified atom stereocenters. The Morgan fingerprint density at radius 3 is 2.64 bits per heavy atom. The smallest absolute Gasteiger partial charge is 0.339 e. The molecule has 0 saturated carbocycles. The molecule has 0 bridgehead atoms. The monoisotopic (exact) mass is 202 g/mol. The van der Waals surface area contributed by atoms with Gasteiger partial charge in [-0.25, -0.2) is 13.6 Å². The summed E-state index contributed by atoms with van der Waals surface area (Å²) in [6, 6.07) is 2.53. The number of methoxy groups -OCH3 is 1. The molecule has 0 aliphatic rings. The van der Waals surface area contributed by atoms with Crippen LogP contribution in [0.5, 0.6) is 0 Å². The molecule has 1 rings (SSSR count). The first kappa shape index (κ1) is 10.6. The van der Waals surface area contributed by atoms with Crippen molar-refractivity contribution in [2.45, 2.75) is 6.10 Å². The van der Waals surface area contributed by atoms with Crippen LogP contribution in [0.4, 0.5) is 8.78 Å². The molecule has 1 atom stereocenters. The van der Waals surface area contributed by atoms with Gasteiger partial charge in [-0.15, -0.1) is 0 Å². The molecular formula is C9H8F2O3. The molecule has 3 nitrogen and oxygen atoms in total. The number of halogens is 2. The minimum atomic E-state index is -1.72. The second kappa shape index (κ2) is 4.15. The Morgan fingerprint density at radius 1 is 1.50 bits per heavy atom. The number of ether oxygens (including phenoxy) is 1. The van der Waals surface area contributed by atoms with E-state index in [4.69, 9.17) is 0 Å². The number of benzene rings is 1. The summed E-state index contributed by atoms with van der Waals surface area (Å²) in [5.74, 6) is -2.75. The maximum absolute atomic E-state index is 13.0. The third-order valence-electron chi connectivity index (χ3n) is 1.68. The first-order valence-corrected chi connectivity index (χ1v) is 3.77. The number of esters is 1. The largest absolute Gasteiger partial charge is 0.467 e. The topological polar surface area (TPSA) is 46.5 Å². The van der Waals surface area contributed by atoms with E-state index in [9.17, 15) is 18.7 Å². The molecule has 0 saturated heterocycles. The number of aliphatic hydroxyl groups excluding tert-OH is 1. The highest BCUT2D eigenvalue weighted by atomic mass is 19.1. The van der Waals surface area contributed by atoms with E-state index < -0.39 is 23.7 Å². The summed E-state index contributed by atoms with van der Waals surface area (Å²) in [6.45, 7) is 0. The summed E-state index contributed by atoms with van der Waals surface area (Å²) in [7, 11) is 1.06.